The van der Waals surface area contributed by atoms with E-state index in [-0.39, 0.29) is 18.0 Å². The Morgan fingerprint density at radius 2 is 2.05 bits per heavy atom. The Balaban J connectivity index is 3.14. The highest BCUT2D eigenvalue weighted by Crippen LogP contribution is 2.30. The fourth-order valence-electron chi connectivity index (χ4n) is 2.50. The van der Waals surface area contributed by atoms with E-state index in [1.54, 1.807) is 7.05 Å². The van der Waals surface area contributed by atoms with Crippen molar-refractivity contribution in [3.05, 3.63) is 34.9 Å². The number of nitrogens with one attached hydrogen (secondary N) is 1. The summed E-state index contributed by atoms with van der Waals surface area (Å²) in [7, 11) is 1.65. The summed E-state index contributed by atoms with van der Waals surface area (Å²) in [4.78, 5) is 13.9. The van der Waals surface area contributed by atoms with Crippen LogP contribution in [0.15, 0.2) is 24.3 Å². The van der Waals surface area contributed by atoms with E-state index in [4.69, 9.17) is 17.3 Å². The van der Waals surface area contributed by atoms with Gasteiger partial charge in [0.05, 0.1) is 12.6 Å². The van der Waals surface area contributed by atoms with Gasteiger partial charge in [0.1, 0.15) is 0 Å². The Labute approximate surface area is 132 Å². The molecule has 1 aromatic carbocycles. The van der Waals surface area contributed by atoms with Gasteiger partial charge in [-0.05, 0) is 31.0 Å². The first kappa shape index (κ1) is 18.0. The van der Waals surface area contributed by atoms with Gasteiger partial charge >= 0.3 is 0 Å². The van der Waals surface area contributed by atoms with Crippen LogP contribution in [0.2, 0.25) is 5.02 Å². The molecule has 0 aliphatic carbocycles. The number of hydrogen-bond donors (Lipinski definition) is 2. The van der Waals surface area contributed by atoms with E-state index >= 15 is 0 Å². The molecule has 0 aliphatic heterocycles. The van der Waals surface area contributed by atoms with E-state index in [1.807, 2.05) is 24.3 Å². The number of halogens is 1. The summed E-state index contributed by atoms with van der Waals surface area (Å²) in [6.07, 6.45) is 1.78. The van der Waals surface area contributed by atoms with Crippen molar-refractivity contribution in [3.8, 4) is 0 Å². The van der Waals surface area contributed by atoms with E-state index in [0.29, 0.717) is 11.6 Å². The summed E-state index contributed by atoms with van der Waals surface area (Å²) in [6, 6.07) is 7.61. The molecule has 4 nitrogen and oxygen atoms in total. The second-order valence-electron chi connectivity index (χ2n) is 5.18. The Hall–Kier alpha value is -1.10. The maximum atomic E-state index is 11.8. The molecule has 0 saturated carbocycles. The average Bonchev–Trinajstić information content (AvgIpc) is 2.49. The highest BCUT2D eigenvalue weighted by Gasteiger charge is 2.28. The number of hydrogen-bond acceptors (Lipinski definition) is 3. The molecule has 0 radical (unpaired) electrons. The molecule has 0 heterocycles. The molecule has 1 rings (SSSR count). The molecular weight excluding hydrogens is 286 g/mol. The number of carbonyl (C=O) groups is 1. The maximum Gasteiger partial charge on any atom is 0.233 e. The highest BCUT2D eigenvalue weighted by atomic mass is 35.5. The van der Waals surface area contributed by atoms with Gasteiger partial charge in [-0.2, -0.15) is 0 Å². The minimum absolute atomic E-state index is 0.0104. The molecule has 0 fully saturated rings. The van der Waals surface area contributed by atoms with Crippen LogP contribution >= 0.6 is 11.6 Å². The Kier molecular flexibility index (Phi) is 7.72. The number of nitrogens with two attached hydrogens (primary N) is 1. The molecule has 3 N–H and O–H groups in total. The van der Waals surface area contributed by atoms with Gasteiger partial charge < -0.3 is 11.1 Å². The Morgan fingerprint density at radius 3 is 2.57 bits per heavy atom. The lowest BCUT2D eigenvalue weighted by Gasteiger charge is -2.35. The third kappa shape index (κ3) is 4.99. The molecule has 0 bridgehead atoms. The predicted molar refractivity (Wildman–Crippen MR) is 88.4 cm³/mol. The van der Waals surface area contributed by atoms with Gasteiger partial charge in [-0.25, -0.2) is 0 Å². The quantitative estimate of drug-likeness (QED) is 0.776. The van der Waals surface area contributed by atoms with Crippen molar-refractivity contribution >= 4 is 17.5 Å². The van der Waals surface area contributed by atoms with Crippen molar-refractivity contribution in [1.29, 1.82) is 0 Å². The van der Waals surface area contributed by atoms with E-state index in [0.717, 1.165) is 24.9 Å². The fraction of sp³-hybridized carbons (Fsp3) is 0.562. The molecule has 1 amide bonds. The standard InChI is InChI=1S/C16H26ClN3O/c1-4-10-20(11-15(21)19-3)16(14(18)5-2)12-8-6-7-9-13(12)17/h6-9,14,16H,4-5,10-11,18H2,1-3H3,(H,19,21). The Morgan fingerprint density at radius 1 is 1.38 bits per heavy atom. The molecule has 0 saturated heterocycles. The zero-order chi connectivity index (χ0) is 15.8. The van der Waals surface area contributed by atoms with Gasteiger partial charge in [-0.1, -0.05) is 43.6 Å². The van der Waals surface area contributed by atoms with Crippen molar-refractivity contribution < 1.29 is 4.79 Å². The van der Waals surface area contributed by atoms with Crippen LogP contribution in [-0.2, 0) is 4.79 Å². The number of carbonyl (C=O) groups excluding carboxylic acids is 1. The van der Waals surface area contributed by atoms with Crippen LogP contribution in [0.5, 0.6) is 0 Å². The third-order valence-electron chi connectivity index (χ3n) is 3.63. The second kappa shape index (κ2) is 9.03. The number of rotatable bonds is 8. The third-order valence-corrected chi connectivity index (χ3v) is 3.97. The summed E-state index contributed by atoms with van der Waals surface area (Å²) in [6.45, 7) is 5.28. The zero-order valence-corrected chi connectivity index (χ0v) is 13.9. The molecule has 0 spiro atoms. The molecule has 2 unspecified atom stereocenters. The predicted octanol–water partition coefficient (Wildman–Crippen LogP) is 2.58. The minimum Gasteiger partial charge on any atom is -0.358 e. The highest BCUT2D eigenvalue weighted by molar-refractivity contribution is 6.31. The number of amides is 1. The number of benzene rings is 1. The average molecular weight is 312 g/mol. The summed E-state index contributed by atoms with van der Waals surface area (Å²) in [5, 5.41) is 3.38. The second-order valence-corrected chi connectivity index (χ2v) is 5.59. The summed E-state index contributed by atoms with van der Waals surface area (Å²) in [5.41, 5.74) is 7.33. The molecule has 0 aromatic heterocycles. The largest absolute Gasteiger partial charge is 0.358 e. The van der Waals surface area contributed by atoms with E-state index in [1.165, 1.54) is 0 Å². The number of nitrogens with zero attached hydrogens (tertiary/aromatic N) is 1. The first-order valence-electron chi connectivity index (χ1n) is 7.49. The van der Waals surface area contributed by atoms with E-state index in [9.17, 15) is 4.79 Å². The zero-order valence-electron chi connectivity index (χ0n) is 13.1. The van der Waals surface area contributed by atoms with E-state index < -0.39 is 0 Å². The molecule has 0 aliphatic rings. The minimum atomic E-state index is -0.0684. The van der Waals surface area contributed by atoms with Crippen molar-refractivity contribution in [3.63, 3.8) is 0 Å². The van der Waals surface area contributed by atoms with Crippen LogP contribution in [0.4, 0.5) is 0 Å². The molecule has 1 aromatic rings. The molecular formula is C16H26ClN3O. The molecule has 5 heteroatoms. The van der Waals surface area contributed by atoms with Gasteiger partial charge in [-0.3, -0.25) is 9.69 Å². The topological polar surface area (TPSA) is 58.4 Å². The van der Waals surface area contributed by atoms with Crippen LogP contribution in [0.25, 0.3) is 0 Å². The molecule has 118 valence electrons. The summed E-state index contributed by atoms with van der Waals surface area (Å²) >= 11 is 6.35. The van der Waals surface area contributed by atoms with Crippen LogP contribution in [0.3, 0.4) is 0 Å². The fourth-order valence-corrected chi connectivity index (χ4v) is 2.75. The van der Waals surface area contributed by atoms with Crippen LogP contribution in [0, 0.1) is 0 Å². The van der Waals surface area contributed by atoms with Gasteiger partial charge in [0.15, 0.2) is 0 Å². The van der Waals surface area contributed by atoms with Crippen LogP contribution < -0.4 is 11.1 Å². The summed E-state index contributed by atoms with van der Waals surface area (Å²) in [5.74, 6) is -0.0104. The van der Waals surface area contributed by atoms with Crippen molar-refractivity contribution in [2.45, 2.75) is 38.8 Å². The SMILES string of the molecule is CCCN(CC(=O)NC)C(c1ccccc1Cl)C(N)CC. The van der Waals surface area contributed by atoms with Crippen LogP contribution in [0.1, 0.15) is 38.3 Å². The number of likely N-dealkylation sites (N-methyl/N-ethyl adjacent to an activating group) is 1. The van der Waals surface area contributed by atoms with Crippen molar-refractivity contribution in [1.82, 2.24) is 10.2 Å². The van der Waals surface area contributed by atoms with Crippen molar-refractivity contribution in [2.75, 3.05) is 20.1 Å². The smallest absolute Gasteiger partial charge is 0.233 e. The van der Waals surface area contributed by atoms with Gasteiger partial charge in [0, 0.05) is 18.1 Å². The normalized spacial score (nSPS) is 14.0. The van der Waals surface area contributed by atoms with E-state index in [2.05, 4.69) is 24.1 Å². The maximum absolute atomic E-state index is 11.8. The van der Waals surface area contributed by atoms with Gasteiger partial charge in [0.25, 0.3) is 0 Å². The monoisotopic (exact) mass is 311 g/mol. The van der Waals surface area contributed by atoms with Crippen molar-refractivity contribution in [2.24, 2.45) is 5.73 Å². The van der Waals surface area contributed by atoms with Gasteiger partial charge in [0.2, 0.25) is 5.91 Å². The first-order valence-corrected chi connectivity index (χ1v) is 7.87. The first-order chi connectivity index (χ1) is 10.0. The lowest BCUT2D eigenvalue weighted by Crippen LogP contribution is -2.45. The van der Waals surface area contributed by atoms with Crippen LogP contribution in [-0.4, -0.2) is 37.0 Å². The lowest BCUT2D eigenvalue weighted by atomic mass is 9.96. The lowest BCUT2D eigenvalue weighted by molar-refractivity contribution is -0.122. The van der Waals surface area contributed by atoms with Gasteiger partial charge in [-0.15, -0.1) is 0 Å². The Bertz CT molecular complexity index is 453. The molecule has 21 heavy (non-hydrogen) atoms. The summed E-state index contributed by atoms with van der Waals surface area (Å²) < 4.78 is 0. The molecule has 2 atom stereocenters.